The molecule has 0 saturated heterocycles. The van der Waals surface area contributed by atoms with Gasteiger partial charge in [0.2, 0.25) is 0 Å². The molecule has 3 aromatic rings. The Kier molecular flexibility index (Phi) is 3.39. The lowest BCUT2D eigenvalue weighted by Crippen LogP contribution is -2.17. The maximum atomic E-state index is 7.66. The quantitative estimate of drug-likeness (QED) is 0.568. The Hall–Kier alpha value is -2.69. The zero-order valence-electron chi connectivity index (χ0n) is 11.9. The van der Waals surface area contributed by atoms with Gasteiger partial charge in [-0.2, -0.15) is 0 Å². The standard InChI is InChI=1S/C16H17N5/c1-2-14-20-12-7-3-4-8-13(12)21(14)10-11-6-5-9-19-15(11)16(17)18/h3-9H,2,10H2,1H3,(H3,17,18). The molecular formula is C16H17N5. The molecule has 5 heteroatoms. The highest BCUT2D eigenvalue weighted by Crippen LogP contribution is 2.19. The Morgan fingerprint density at radius 3 is 2.81 bits per heavy atom. The second-order valence-electron chi connectivity index (χ2n) is 4.88. The van der Waals surface area contributed by atoms with Gasteiger partial charge >= 0.3 is 0 Å². The summed E-state index contributed by atoms with van der Waals surface area (Å²) in [5, 5.41) is 7.66. The number of nitrogen functional groups attached to an aromatic ring is 1. The molecule has 0 aliphatic heterocycles. The van der Waals surface area contributed by atoms with Gasteiger partial charge in [0, 0.05) is 18.2 Å². The molecule has 106 valence electrons. The van der Waals surface area contributed by atoms with Gasteiger partial charge in [-0.15, -0.1) is 0 Å². The average molecular weight is 279 g/mol. The molecule has 0 saturated carbocycles. The normalized spacial score (nSPS) is 10.9. The number of nitrogens with one attached hydrogen (secondary N) is 1. The van der Waals surface area contributed by atoms with Gasteiger partial charge in [-0.05, 0) is 18.2 Å². The van der Waals surface area contributed by atoms with Crippen LogP contribution in [0.5, 0.6) is 0 Å². The third-order valence-corrected chi connectivity index (χ3v) is 3.52. The third kappa shape index (κ3) is 2.38. The minimum Gasteiger partial charge on any atom is -0.382 e. The van der Waals surface area contributed by atoms with Gasteiger partial charge in [-0.25, -0.2) is 4.98 Å². The third-order valence-electron chi connectivity index (χ3n) is 3.52. The first-order chi connectivity index (χ1) is 10.2. The molecule has 0 fully saturated rings. The molecule has 0 aliphatic carbocycles. The van der Waals surface area contributed by atoms with Crippen molar-refractivity contribution in [1.29, 1.82) is 5.41 Å². The van der Waals surface area contributed by atoms with Crippen LogP contribution in [0.3, 0.4) is 0 Å². The van der Waals surface area contributed by atoms with E-state index in [1.165, 1.54) is 0 Å². The van der Waals surface area contributed by atoms with E-state index in [1.807, 2.05) is 30.3 Å². The van der Waals surface area contributed by atoms with E-state index in [0.717, 1.165) is 28.8 Å². The number of hydrogen-bond acceptors (Lipinski definition) is 3. The number of aryl methyl sites for hydroxylation is 1. The number of imidazole rings is 1. The lowest BCUT2D eigenvalue weighted by atomic mass is 10.1. The van der Waals surface area contributed by atoms with Gasteiger partial charge < -0.3 is 10.3 Å². The molecule has 0 bridgehead atoms. The summed E-state index contributed by atoms with van der Waals surface area (Å²) < 4.78 is 2.17. The first kappa shape index (κ1) is 13.3. The Morgan fingerprint density at radius 2 is 2.05 bits per heavy atom. The zero-order valence-corrected chi connectivity index (χ0v) is 11.9. The number of nitrogens with zero attached hydrogens (tertiary/aromatic N) is 3. The largest absolute Gasteiger partial charge is 0.382 e. The summed E-state index contributed by atoms with van der Waals surface area (Å²) in [5.74, 6) is 1.02. The van der Waals surface area contributed by atoms with E-state index < -0.39 is 0 Å². The predicted octanol–water partition coefficient (Wildman–Crippen LogP) is 2.33. The van der Waals surface area contributed by atoms with Gasteiger partial charge in [0.25, 0.3) is 0 Å². The second-order valence-corrected chi connectivity index (χ2v) is 4.88. The molecule has 5 nitrogen and oxygen atoms in total. The Labute approximate surface area is 123 Å². The first-order valence-corrected chi connectivity index (χ1v) is 6.93. The van der Waals surface area contributed by atoms with E-state index in [0.29, 0.717) is 12.2 Å². The fourth-order valence-electron chi connectivity index (χ4n) is 2.55. The van der Waals surface area contributed by atoms with Crippen LogP contribution in [0.2, 0.25) is 0 Å². The summed E-state index contributed by atoms with van der Waals surface area (Å²) in [4.78, 5) is 8.87. The average Bonchev–Trinajstić information content (AvgIpc) is 2.86. The molecule has 0 aliphatic rings. The number of rotatable bonds is 4. The Morgan fingerprint density at radius 1 is 1.24 bits per heavy atom. The summed E-state index contributed by atoms with van der Waals surface area (Å²) in [6.07, 6.45) is 2.51. The number of pyridine rings is 1. The molecule has 2 aromatic heterocycles. The van der Waals surface area contributed by atoms with Crippen LogP contribution in [0.4, 0.5) is 0 Å². The Bertz CT molecular complexity index is 803. The smallest absolute Gasteiger partial charge is 0.142 e. The van der Waals surface area contributed by atoms with Crippen molar-refractivity contribution >= 4 is 16.9 Å². The Balaban J connectivity index is 2.12. The van der Waals surface area contributed by atoms with Crippen LogP contribution in [0.1, 0.15) is 24.0 Å². The van der Waals surface area contributed by atoms with Crippen LogP contribution in [-0.2, 0) is 13.0 Å². The van der Waals surface area contributed by atoms with Crippen LogP contribution in [0.25, 0.3) is 11.0 Å². The van der Waals surface area contributed by atoms with Gasteiger partial charge in [-0.1, -0.05) is 25.1 Å². The number of nitrogens with two attached hydrogens (primary N) is 1. The fraction of sp³-hybridized carbons (Fsp3) is 0.188. The zero-order chi connectivity index (χ0) is 14.8. The summed E-state index contributed by atoms with van der Waals surface area (Å²) in [6.45, 7) is 2.71. The van der Waals surface area contributed by atoms with Crippen LogP contribution in [-0.4, -0.2) is 20.4 Å². The van der Waals surface area contributed by atoms with Crippen molar-refractivity contribution in [2.75, 3.05) is 0 Å². The molecule has 3 N–H and O–H groups in total. The van der Waals surface area contributed by atoms with Crippen LogP contribution in [0, 0.1) is 5.41 Å². The van der Waals surface area contributed by atoms with Crippen molar-refractivity contribution < 1.29 is 0 Å². The predicted molar refractivity (Wildman–Crippen MR) is 83.5 cm³/mol. The van der Waals surface area contributed by atoms with Gasteiger partial charge in [0.1, 0.15) is 17.4 Å². The monoisotopic (exact) mass is 279 g/mol. The SMILES string of the molecule is CCc1nc2ccccc2n1Cc1cccnc1C(=N)N. The highest BCUT2D eigenvalue weighted by molar-refractivity contribution is 5.94. The topological polar surface area (TPSA) is 80.6 Å². The molecule has 21 heavy (non-hydrogen) atoms. The molecule has 0 radical (unpaired) electrons. The van der Waals surface area contributed by atoms with Crippen molar-refractivity contribution in [2.45, 2.75) is 19.9 Å². The van der Waals surface area contributed by atoms with Gasteiger partial charge in [-0.3, -0.25) is 10.4 Å². The van der Waals surface area contributed by atoms with Crippen molar-refractivity contribution in [3.63, 3.8) is 0 Å². The lowest BCUT2D eigenvalue weighted by Gasteiger charge is -2.11. The molecule has 0 spiro atoms. The van der Waals surface area contributed by atoms with E-state index in [4.69, 9.17) is 11.1 Å². The number of fused-ring (bicyclic) bond motifs is 1. The first-order valence-electron chi connectivity index (χ1n) is 6.93. The fourth-order valence-corrected chi connectivity index (χ4v) is 2.55. The van der Waals surface area contributed by atoms with E-state index in [-0.39, 0.29) is 5.84 Å². The molecular weight excluding hydrogens is 262 g/mol. The lowest BCUT2D eigenvalue weighted by molar-refractivity contribution is 0.749. The van der Waals surface area contributed by atoms with Crippen LogP contribution < -0.4 is 5.73 Å². The molecule has 1 aromatic carbocycles. The molecule has 3 rings (SSSR count). The van der Waals surface area contributed by atoms with E-state index in [1.54, 1.807) is 6.20 Å². The van der Waals surface area contributed by atoms with Crippen molar-refractivity contribution in [3.05, 3.63) is 59.7 Å². The van der Waals surface area contributed by atoms with E-state index in [2.05, 4.69) is 27.5 Å². The highest BCUT2D eigenvalue weighted by Gasteiger charge is 2.12. The van der Waals surface area contributed by atoms with Crippen molar-refractivity contribution in [2.24, 2.45) is 5.73 Å². The second kappa shape index (κ2) is 5.36. The number of aromatic nitrogens is 3. The minimum absolute atomic E-state index is 0.00642. The summed E-state index contributed by atoms with van der Waals surface area (Å²) in [6, 6.07) is 11.9. The minimum atomic E-state index is -0.00642. The van der Waals surface area contributed by atoms with Crippen molar-refractivity contribution in [3.8, 4) is 0 Å². The van der Waals surface area contributed by atoms with Gasteiger partial charge in [0.15, 0.2) is 0 Å². The summed E-state index contributed by atoms with van der Waals surface area (Å²) in [5.41, 5.74) is 9.17. The summed E-state index contributed by atoms with van der Waals surface area (Å²) >= 11 is 0. The van der Waals surface area contributed by atoms with E-state index >= 15 is 0 Å². The number of amidine groups is 1. The molecule has 2 heterocycles. The van der Waals surface area contributed by atoms with Crippen molar-refractivity contribution in [1.82, 2.24) is 14.5 Å². The van der Waals surface area contributed by atoms with Crippen LogP contribution in [0.15, 0.2) is 42.6 Å². The molecule has 0 atom stereocenters. The summed E-state index contributed by atoms with van der Waals surface area (Å²) in [7, 11) is 0. The number of para-hydroxylation sites is 2. The number of hydrogen-bond donors (Lipinski definition) is 2. The van der Waals surface area contributed by atoms with Gasteiger partial charge in [0.05, 0.1) is 17.6 Å². The number of benzene rings is 1. The molecule has 0 unspecified atom stereocenters. The molecule has 0 amide bonds. The van der Waals surface area contributed by atoms with E-state index in [9.17, 15) is 0 Å². The highest BCUT2D eigenvalue weighted by atomic mass is 15.1. The maximum Gasteiger partial charge on any atom is 0.142 e. The maximum absolute atomic E-state index is 7.66. The van der Waals surface area contributed by atoms with Crippen LogP contribution >= 0.6 is 0 Å².